The monoisotopic (exact) mass is 427 g/mol. The molecule has 1 amide bonds. The number of benzene rings is 2. The number of carbonyl (C=O) groups excluding carboxylic acids is 2. The third-order valence-corrected chi connectivity index (χ3v) is 4.72. The molecular formula is C25H33NO5. The SMILES string of the molecule is COc1cc(C(=O)O[C@H](C)C(=O)N[C@@H](C)CCc2ccccc2)ccc1OCC(C)C. The van der Waals surface area contributed by atoms with Crippen LogP contribution in [0.2, 0.25) is 0 Å². The summed E-state index contributed by atoms with van der Waals surface area (Å²) in [5, 5.41) is 2.90. The molecule has 0 aliphatic rings. The smallest absolute Gasteiger partial charge is 0.339 e. The highest BCUT2D eigenvalue weighted by molar-refractivity contribution is 5.92. The molecule has 0 aromatic heterocycles. The lowest BCUT2D eigenvalue weighted by Crippen LogP contribution is -2.41. The summed E-state index contributed by atoms with van der Waals surface area (Å²) in [4.78, 5) is 24.9. The number of amides is 1. The van der Waals surface area contributed by atoms with Crippen molar-refractivity contribution in [1.29, 1.82) is 0 Å². The number of hydrogen-bond acceptors (Lipinski definition) is 5. The van der Waals surface area contributed by atoms with E-state index in [2.05, 4.69) is 17.4 Å². The molecule has 0 saturated carbocycles. The molecule has 0 fully saturated rings. The molecule has 0 aliphatic heterocycles. The Morgan fingerprint density at radius 3 is 2.32 bits per heavy atom. The van der Waals surface area contributed by atoms with Gasteiger partial charge < -0.3 is 19.5 Å². The molecule has 1 N–H and O–H groups in total. The van der Waals surface area contributed by atoms with Crippen LogP contribution in [0.3, 0.4) is 0 Å². The van der Waals surface area contributed by atoms with Gasteiger partial charge in [-0.25, -0.2) is 4.79 Å². The summed E-state index contributed by atoms with van der Waals surface area (Å²) in [6.45, 7) is 8.14. The first-order valence-corrected chi connectivity index (χ1v) is 10.7. The number of nitrogens with one attached hydrogen (secondary N) is 1. The number of methoxy groups -OCH3 is 1. The predicted octanol–water partition coefficient (Wildman–Crippen LogP) is 4.41. The van der Waals surface area contributed by atoms with E-state index in [9.17, 15) is 9.59 Å². The van der Waals surface area contributed by atoms with Crippen molar-refractivity contribution in [1.82, 2.24) is 5.32 Å². The van der Waals surface area contributed by atoms with E-state index in [1.165, 1.54) is 12.7 Å². The highest BCUT2D eigenvalue weighted by Crippen LogP contribution is 2.29. The normalized spacial score (nSPS) is 12.7. The minimum Gasteiger partial charge on any atom is -0.493 e. The first kappa shape index (κ1) is 24.3. The quantitative estimate of drug-likeness (QED) is 0.538. The number of carbonyl (C=O) groups is 2. The number of aryl methyl sites for hydroxylation is 1. The zero-order valence-electron chi connectivity index (χ0n) is 19.0. The first-order chi connectivity index (χ1) is 14.8. The van der Waals surface area contributed by atoms with Crippen LogP contribution in [0.5, 0.6) is 11.5 Å². The van der Waals surface area contributed by atoms with Crippen LogP contribution in [0.25, 0.3) is 0 Å². The van der Waals surface area contributed by atoms with Crippen LogP contribution >= 0.6 is 0 Å². The van der Waals surface area contributed by atoms with Gasteiger partial charge in [0.25, 0.3) is 5.91 Å². The van der Waals surface area contributed by atoms with Gasteiger partial charge in [-0.3, -0.25) is 4.79 Å². The molecule has 2 aromatic carbocycles. The number of esters is 1. The van der Waals surface area contributed by atoms with Crippen molar-refractivity contribution in [3.63, 3.8) is 0 Å². The lowest BCUT2D eigenvalue weighted by molar-refractivity contribution is -0.129. The molecule has 0 aliphatic carbocycles. The number of rotatable bonds is 11. The van der Waals surface area contributed by atoms with E-state index in [0.29, 0.717) is 29.6 Å². The Hall–Kier alpha value is -3.02. The lowest BCUT2D eigenvalue weighted by Gasteiger charge is -2.18. The van der Waals surface area contributed by atoms with Gasteiger partial charge in [0, 0.05) is 6.04 Å². The van der Waals surface area contributed by atoms with Crippen LogP contribution in [-0.4, -0.2) is 37.7 Å². The second-order valence-electron chi connectivity index (χ2n) is 8.05. The fourth-order valence-corrected chi connectivity index (χ4v) is 2.91. The summed E-state index contributed by atoms with van der Waals surface area (Å²) in [6.07, 6.45) is 0.752. The molecule has 0 radical (unpaired) electrons. The fraction of sp³-hybridized carbons (Fsp3) is 0.440. The maximum Gasteiger partial charge on any atom is 0.339 e. The molecule has 31 heavy (non-hydrogen) atoms. The molecule has 0 spiro atoms. The van der Waals surface area contributed by atoms with Crippen LogP contribution < -0.4 is 14.8 Å². The van der Waals surface area contributed by atoms with Crippen LogP contribution in [-0.2, 0) is 16.0 Å². The molecule has 0 bridgehead atoms. The Balaban J connectivity index is 1.88. The van der Waals surface area contributed by atoms with Crippen molar-refractivity contribution in [3.8, 4) is 11.5 Å². The third kappa shape index (κ3) is 7.96. The van der Waals surface area contributed by atoms with Gasteiger partial charge in [0.05, 0.1) is 19.3 Å². The summed E-state index contributed by atoms with van der Waals surface area (Å²) >= 11 is 0. The summed E-state index contributed by atoms with van der Waals surface area (Å²) in [5.74, 6) is 0.461. The lowest BCUT2D eigenvalue weighted by atomic mass is 10.1. The molecule has 6 heteroatoms. The van der Waals surface area contributed by atoms with Crippen LogP contribution in [0.4, 0.5) is 0 Å². The number of ether oxygens (including phenoxy) is 3. The Kier molecular flexibility index (Phi) is 9.38. The Bertz CT molecular complexity index is 850. The summed E-state index contributed by atoms with van der Waals surface area (Å²) in [7, 11) is 1.51. The van der Waals surface area contributed by atoms with Crippen molar-refractivity contribution in [2.45, 2.75) is 52.7 Å². The van der Waals surface area contributed by atoms with Crippen molar-refractivity contribution < 1.29 is 23.8 Å². The predicted molar refractivity (Wildman–Crippen MR) is 121 cm³/mol. The van der Waals surface area contributed by atoms with Crippen molar-refractivity contribution in [3.05, 3.63) is 59.7 Å². The van der Waals surface area contributed by atoms with Gasteiger partial charge in [-0.2, -0.15) is 0 Å². The van der Waals surface area contributed by atoms with Crippen LogP contribution in [0.1, 0.15) is 50.0 Å². The van der Waals surface area contributed by atoms with Crippen molar-refractivity contribution in [2.24, 2.45) is 5.92 Å². The Morgan fingerprint density at radius 2 is 1.68 bits per heavy atom. The molecule has 2 atom stereocenters. The largest absolute Gasteiger partial charge is 0.493 e. The van der Waals surface area contributed by atoms with Gasteiger partial charge in [0.2, 0.25) is 0 Å². The number of hydrogen-bond donors (Lipinski definition) is 1. The van der Waals surface area contributed by atoms with Gasteiger partial charge in [0.1, 0.15) is 0 Å². The van der Waals surface area contributed by atoms with E-state index in [4.69, 9.17) is 14.2 Å². The summed E-state index contributed by atoms with van der Waals surface area (Å²) in [6, 6.07) is 14.9. The van der Waals surface area contributed by atoms with Gasteiger partial charge in [-0.15, -0.1) is 0 Å². The molecule has 0 unspecified atom stereocenters. The van der Waals surface area contributed by atoms with E-state index in [-0.39, 0.29) is 11.9 Å². The highest BCUT2D eigenvalue weighted by Gasteiger charge is 2.21. The second-order valence-corrected chi connectivity index (χ2v) is 8.05. The minimum atomic E-state index is -0.908. The highest BCUT2D eigenvalue weighted by atomic mass is 16.5. The maximum absolute atomic E-state index is 12.5. The van der Waals surface area contributed by atoms with Gasteiger partial charge in [-0.1, -0.05) is 44.2 Å². The van der Waals surface area contributed by atoms with E-state index in [1.807, 2.05) is 39.0 Å². The second kappa shape index (κ2) is 12.0. The zero-order chi connectivity index (χ0) is 22.8. The fourth-order valence-electron chi connectivity index (χ4n) is 2.91. The topological polar surface area (TPSA) is 73.9 Å². The van der Waals surface area contributed by atoms with Crippen LogP contribution in [0, 0.1) is 5.92 Å². The summed E-state index contributed by atoms with van der Waals surface area (Å²) < 4.78 is 16.4. The average molecular weight is 428 g/mol. The van der Waals surface area contributed by atoms with E-state index in [1.54, 1.807) is 25.1 Å². The molecular weight excluding hydrogens is 394 g/mol. The van der Waals surface area contributed by atoms with Gasteiger partial charge >= 0.3 is 5.97 Å². The molecule has 0 heterocycles. The van der Waals surface area contributed by atoms with Crippen molar-refractivity contribution >= 4 is 11.9 Å². The Labute approximate surface area is 184 Å². The summed E-state index contributed by atoms with van der Waals surface area (Å²) in [5.41, 5.74) is 1.52. The van der Waals surface area contributed by atoms with Gasteiger partial charge in [0.15, 0.2) is 17.6 Å². The molecule has 2 rings (SSSR count). The molecule has 0 saturated heterocycles. The zero-order valence-corrected chi connectivity index (χ0v) is 19.0. The van der Waals surface area contributed by atoms with E-state index in [0.717, 1.165) is 12.8 Å². The molecule has 6 nitrogen and oxygen atoms in total. The third-order valence-electron chi connectivity index (χ3n) is 4.72. The first-order valence-electron chi connectivity index (χ1n) is 10.7. The van der Waals surface area contributed by atoms with Crippen molar-refractivity contribution in [2.75, 3.05) is 13.7 Å². The Morgan fingerprint density at radius 1 is 0.968 bits per heavy atom. The average Bonchev–Trinajstić information content (AvgIpc) is 2.76. The van der Waals surface area contributed by atoms with E-state index >= 15 is 0 Å². The van der Waals surface area contributed by atoms with E-state index < -0.39 is 12.1 Å². The standard InChI is InChI=1S/C25H33NO5/c1-17(2)16-30-22-14-13-21(15-23(22)29-5)25(28)31-19(4)24(27)26-18(3)11-12-20-9-7-6-8-10-20/h6-10,13-15,17-19H,11-12,16H2,1-5H3,(H,26,27)/t18-,19+/m0/s1. The minimum absolute atomic E-state index is 0.0358. The van der Waals surface area contributed by atoms with Crippen LogP contribution in [0.15, 0.2) is 48.5 Å². The molecule has 168 valence electrons. The van der Waals surface area contributed by atoms with Gasteiger partial charge in [-0.05, 0) is 56.4 Å². The maximum atomic E-state index is 12.5. The molecule has 2 aromatic rings.